The summed E-state index contributed by atoms with van der Waals surface area (Å²) < 4.78 is 19.1. The van der Waals surface area contributed by atoms with Crippen molar-refractivity contribution in [1.29, 1.82) is 0 Å². The molecule has 5 heteroatoms. The van der Waals surface area contributed by atoms with Crippen molar-refractivity contribution >= 4 is 34.3 Å². The lowest BCUT2D eigenvalue weighted by atomic mass is 10.1. The number of oxazole rings is 1. The monoisotopic (exact) mass is 259 g/mol. The topological polar surface area (TPSA) is 26.0 Å². The summed E-state index contributed by atoms with van der Waals surface area (Å²) in [5.41, 5.74) is 0.837. The highest BCUT2D eigenvalue weighted by Gasteiger charge is 2.16. The van der Waals surface area contributed by atoms with Gasteiger partial charge in [0, 0.05) is 10.6 Å². The smallest absolute Gasteiger partial charge is 0.210 e. The second-order valence-corrected chi connectivity index (χ2v) is 3.91. The normalized spacial score (nSPS) is 10.9. The molecule has 2 aromatic rings. The molecular weight excluding hydrogens is 252 g/mol. The maximum atomic E-state index is 14.0. The van der Waals surface area contributed by atoms with Crippen molar-refractivity contribution in [3.8, 4) is 0 Å². The number of alkyl halides is 1. The summed E-state index contributed by atoms with van der Waals surface area (Å²) in [6.45, 7) is 3.55. The fourth-order valence-corrected chi connectivity index (χ4v) is 1.85. The minimum absolute atomic E-state index is 0.0944. The Hall–Kier alpha value is -1.06. The Labute approximate surface area is 102 Å². The van der Waals surface area contributed by atoms with Crippen LogP contribution in [-0.4, -0.2) is 4.98 Å². The Morgan fingerprint density at radius 2 is 2.31 bits per heavy atom. The molecule has 0 aliphatic carbocycles. The highest BCUT2D eigenvalue weighted by molar-refractivity contribution is 6.32. The van der Waals surface area contributed by atoms with Crippen LogP contribution < -0.4 is 0 Å². The standard InChI is InChI=1S/C11H8Cl2FNO/c1-2-3-6-7(13)4-8-11(10(6)14)16-9(5-12)15-8/h2,4H,1,3,5H2. The van der Waals surface area contributed by atoms with Crippen LogP contribution in [0, 0.1) is 5.82 Å². The van der Waals surface area contributed by atoms with E-state index in [1.54, 1.807) is 12.1 Å². The van der Waals surface area contributed by atoms with Gasteiger partial charge in [0.1, 0.15) is 5.52 Å². The summed E-state index contributed by atoms with van der Waals surface area (Å²) in [7, 11) is 0. The first-order valence-corrected chi connectivity index (χ1v) is 5.51. The molecule has 2 rings (SSSR count). The Bertz CT molecular complexity index is 550. The number of fused-ring (bicyclic) bond motifs is 1. The number of hydrogen-bond donors (Lipinski definition) is 0. The van der Waals surface area contributed by atoms with Crippen molar-refractivity contribution < 1.29 is 8.81 Å². The van der Waals surface area contributed by atoms with Crippen LogP contribution in [0.3, 0.4) is 0 Å². The molecule has 84 valence electrons. The average Bonchev–Trinajstić information content (AvgIpc) is 2.67. The van der Waals surface area contributed by atoms with Gasteiger partial charge in [0.05, 0.1) is 5.88 Å². The van der Waals surface area contributed by atoms with Crippen LogP contribution in [0.15, 0.2) is 23.1 Å². The second-order valence-electron chi connectivity index (χ2n) is 3.23. The van der Waals surface area contributed by atoms with E-state index in [0.717, 1.165) is 0 Å². The quantitative estimate of drug-likeness (QED) is 0.613. The molecule has 0 bridgehead atoms. The molecule has 2 nitrogen and oxygen atoms in total. The number of hydrogen-bond acceptors (Lipinski definition) is 2. The fraction of sp³-hybridized carbons (Fsp3) is 0.182. The van der Waals surface area contributed by atoms with Gasteiger partial charge >= 0.3 is 0 Å². The maximum absolute atomic E-state index is 14.0. The van der Waals surface area contributed by atoms with Crippen molar-refractivity contribution in [3.05, 3.63) is 41.0 Å². The summed E-state index contributed by atoms with van der Waals surface area (Å²) in [6, 6.07) is 1.57. The van der Waals surface area contributed by atoms with Crippen molar-refractivity contribution in [2.45, 2.75) is 12.3 Å². The molecule has 1 heterocycles. The zero-order chi connectivity index (χ0) is 11.7. The molecule has 16 heavy (non-hydrogen) atoms. The van der Waals surface area contributed by atoms with Crippen LogP contribution in [-0.2, 0) is 12.3 Å². The Morgan fingerprint density at radius 3 is 2.94 bits per heavy atom. The molecule has 0 atom stereocenters. The third kappa shape index (κ3) is 1.81. The predicted octanol–water partition coefficient (Wildman–Crippen LogP) is 4.09. The lowest BCUT2D eigenvalue weighted by Gasteiger charge is -2.02. The second kappa shape index (κ2) is 4.44. The number of rotatable bonds is 3. The van der Waals surface area contributed by atoms with Crippen molar-refractivity contribution in [2.24, 2.45) is 0 Å². The Morgan fingerprint density at radius 1 is 1.56 bits per heavy atom. The van der Waals surface area contributed by atoms with Gasteiger partial charge < -0.3 is 4.42 Å². The zero-order valence-corrected chi connectivity index (χ0v) is 9.78. The van der Waals surface area contributed by atoms with Gasteiger partial charge in [-0.2, -0.15) is 0 Å². The van der Waals surface area contributed by atoms with Gasteiger partial charge in [-0.3, -0.25) is 0 Å². The van der Waals surface area contributed by atoms with E-state index in [9.17, 15) is 4.39 Å². The van der Waals surface area contributed by atoms with Crippen LogP contribution >= 0.6 is 23.2 Å². The van der Waals surface area contributed by atoms with Gasteiger partial charge in [0.2, 0.25) is 5.89 Å². The molecule has 0 spiro atoms. The van der Waals surface area contributed by atoms with E-state index in [1.807, 2.05) is 0 Å². The average molecular weight is 260 g/mol. The molecule has 0 radical (unpaired) electrons. The largest absolute Gasteiger partial charge is 0.436 e. The molecular formula is C11H8Cl2FNO. The van der Waals surface area contributed by atoms with Gasteiger partial charge in [-0.1, -0.05) is 17.7 Å². The molecule has 0 saturated carbocycles. The third-order valence-corrected chi connectivity index (χ3v) is 2.74. The molecule has 0 N–H and O–H groups in total. The van der Waals surface area contributed by atoms with Crippen LogP contribution in [0.1, 0.15) is 11.5 Å². The summed E-state index contributed by atoms with van der Waals surface area (Å²) >= 11 is 11.5. The molecule has 0 fully saturated rings. The van der Waals surface area contributed by atoms with E-state index in [1.165, 1.54) is 0 Å². The lowest BCUT2D eigenvalue weighted by molar-refractivity contribution is 0.520. The molecule has 0 aliphatic rings. The van der Waals surface area contributed by atoms with E-state index in [4.69, 9.17) is 27.6 Å². The van der Waals surface area contributed by atoms with Crippen molar-refractivity contribution in [2.75, 3.05) is 0 Å². The lowest BCUT2D eigenvalue weighted by Crippen LogP contribution is -1.90. The minimum atomic E-state index is -0.494. The molecule has 0 saturated heterocycles. The van der Waals surface area contributed by atoms with Crippen LogP contribution in [0.4, 0.5) is 4.39 Å². The SMILES string of the molecule is C=CCc1c(Cl)cc2nc(CCl)oc2c1F. The first kappa shape index (κ1) is 11.4. The first-order valence-electron chi connectivity index (χ1n) is 4.60. The van der Waals surface area contributed by atoms with Crippen molar-refractivity contribution in [3.63, 3.8) is 0 Å². The minimum Gasteiger partial charge on any atom is -0.436 e. The van der Waals surface area contributed by atoms with Gasteiger partial charge in [-0.25, -0.2) is 9.37 Å². The van der Waals surface area contributed by atoms with Gasteiger partial charge in [-0.15, -0.1) is 18.2 Å². The maximum Gasteiger partial charge on any atom is 0.210 e. The van der Waals surface area contributed by atoms with Crippen molar-refractivity contribution in [1.82, 2.24) is 4.98 Å². The number of halogens is 3. The van der Waals surface area contributed by atoms with E-state index >= 15 is 0 Å². The highest BCUT2D eigenvalue weighted by Crippen LogP contribution is 2.29. The van der Waals surface area contributed by atoms with E-state index in [-0.39, 0.29) is 17.4 Å². The number of benzene rings is 1. The fourth-order valence-electron chi connectivity index (χ4n) is 1.47. The van der Waals surface area contributed by atoms with Gasteiger partial charge in [0.15, 0.2) is 11.4 Å². The summed E-state index contributed by atoms with van der Waals surface area (Å²) in [6.07, 6.45) is 1.92. The van der Waals surface area contributed by atoms with Crippen LogP contribution in [0.2, 0.25) is 5.02 Å². The summed E-state index contributed by atoms with van der Waals surface area (Å²) in [5, 5.41) is 0.319. The van der Waals surface area contributed by atoms with Gasteiger partial charge in [-0.05, 0) is 12.5 Å². The summed E-state index contributed by atoms with van der Waals surface area (Å²) in [5.74, 6) is -0.114. The number of aromatic nitrogens is 1. The molecule has 0 aliphatic heterocycles. The molecule has 1 aromatic carbocycles. The molecule has 1 aromatic heterocycles. The predicted molar refractivity (Wildman–Crippen MR) is 62.4 cm³/mol. The Kier molecular flexibility index (Phi) is 3.17. The van der Waals surface area contributed by atoms with E-state index in [2.05, 4.69) is 11.6 Å². The molecule has 0 amide bonds. The van der Waals surface area contributed by atoms with Gasteiger partial charge in [0.25, 0.3) is 0 Å². The number of allylic oxidation sites excluding steroid dienone is 1. The Balaban J connectivity index is 2.70. The zero-order valence-electron chi connectivity index (χ0n) is 8.27. The first-order chi connectivity index (χ1) is 7.67. The summed E-state index contributed by atoms with van der Waals surface area (Å²) in [4.78, 5) is 4.01. The van der Waals surface area contributed by atoms with Crippen LogP contribution in [0.5, 0.6) is 0 Å². The van der Waals surface area contributed by atoms with E-state index < -0.39 is 5.82 Å². The van der Waals surface area contributed by atoms with E-state index in [0.29, 0.717) is 22.5 Å². The highest BCUT2D eigenvalue weighted by atomic mass is 35.5. The molecule has 0 unspecified atom stereocenters. The number of nitrogens with zero attached hydrogens (tertiary/aromatic N) is 1. The third-order valence-electron chi connectivity index (χ3n) is 2.18. The van der Waals surface area contributed by atoms with Crippen LogP contribution in [0.25, 0.3) is 11.1 Å².